The van der Waals surface area contributed by atoms with E-state index in [1.54, 1.807) is 13.3 Å². The van der Waals surface area contributed by atoms with Gasteiger partial charge in [0.1, 0.15) is 5.82 Å². The molecule has 1 aliphatic rings. The van der Waals surface area contributed by atoms with Crippen LogP contribution in [0.25, 0.3) is 10.9 Å². The average molecular weight is 512 g/mol. The Labute approximate surface area is 202 Å². The molecule has 0 unspecified atom stereocenters. The summed E-state index contributed by atoms with van der Waals surface area (Å²) in [6.07, 6.45) is 8.28. The summed E-state index contributed by atoms with van der Waals surface area (Å²) in [6.45, 7) is 4.11. The van der Waals surface area contributed by atoms with E-state index in [1.165, 1.54) is 11.1 Å². The highest BCUT2D eigenvalue weighted by atomic mass is 79.9. The molecule has 1 saturated carbocycles. The fourth-order valence-electron chi connectivity index (χ4n) is 4.19. The summed E-state index contributed by atoms with van der Waals surface area (Å²) in [5.41, 5.74) is 1.38. The predicted octanol–water partition coefficient (Wildman–Crippen LogP) is 6.27. The summed E-state index contributed by atoms with van der Waals surface area (Å²) >= 11 is 3.47. The lowest BCUT2D eigenvalue weighted by Gasteiger charge is -2.22. The monoisotopic (exact) mass is 511 g/mol. The minimum atomic E-state index is -0.151. The third-order valence-corrected chi connectivity index (χ3v) is 6.71. The lowest BCUT2D eigenvalue weighted by molar-refractivity contribution is 0.207. The van der Waals surface area contributed by atoms with Gasteiger partial charge in [0, 0.05) is 10.4 Å². The van der Waals surface area contributed by atoms with Crippen LogP contribution < -0.4 is 15.0 Å². The molecule has 0 saturated heterocycles. The highest BCUT2D eigenvalue weighted by Crippen LogP contribution is 2.32. The maximum Gasteiger partial charge on any atom is 0.282 e. The van der Waals surface area contributed by atoms with Crippen molar-refractivity contribution in [3.63, 3.8) is 0 Å². The van der Waals surface area contributed by atoms with Gasteiger partial charge < -0.3 is 9.47 Å². The molecule has 174 valence electrons. The van der Waals surface area contributed by atoms with E-state index in [9.17, 15) is 4.79 Å². The van der Waals surface area contributed by atoms with Gasteiger partial charge in [-0.05, 0) is 68.1 Å². The lowest BCUT2D eigenvalue weighted by atomic mass is 9.88. The van der Waals surface area contributed by atoms with Gasteiger partial charge in [0.25, 0.3) is 5.56 Å². The van der Waals surface area contributed by atoms with Crippen LogP contribution in [-0.2, 0) is 0 Å². The molecule has 0 amide bonds. The van der Waals surface area contributed by atoms with Crippen molar-refractivity contribution in [1.82, 2.24) is 9.66 Å². The van der Waals surface area contributed by atoms with Crippen molar-refractivity contribution in [3.05, 3.63) is 62.6 Å². The SMILES string of the molecule is CC[C@H](C)Oc1ccc(C=Nn2c(C3CCCCC3)nc3ccc(Br)cc3c2=O)cc1OC. The van der Waals surface area contributed by atoms with Gasteiger partial charge in [-0.3, -0.25) is 4.79 Å². The number of ether oxygens (including phenoxy) is 2. The lowest BCUT2D eigenvalue weighted by Crippen LogP contribution is -2.25. The molecule has 33 heavy (non-hydrogen) atoms. The Morgan fingerprint density at radius 1 is 1.18 bits per heavy atom. The first-order valence-electron chi connectivity index (χ1n) is 11.6. The first kappa shape index (κ1) is 23.5. The van der Waals surface area contributed by atoms with E-state index < -0.39 is 0 Å². The number of nitrogens with zero attached hydrogens (tertiary/aromatic N) is 3. The maximum atomic E-state index is 13.4. The first-order valence-corrected chi connectivity index (χ1v) is 12.4. The number of methoxy groups -OCH3 is 1. The van der Waals surface area contributed by atoms with E-state index >= 15 is 0 Å². The summed E-state index contributed by atoms with van der Waals surface area (Å²) in [5.74, 6) is 2.31. The molecule has 7 heteroatoms. The van der Waals surface area contributed by atoms with Crippen molar-refractivity contribution in [3.8, 4) is 11.5 Å². The fraction of sp³-hybridized carbons (Fsp3) is 0.423. The molecule has 0 aliphatic heterocycles. The van der Waals surface area contributed by atoms with Crippen molar-refractivity contribution < 1.29 is 9.47 Å². The number of halogens is 1. The molecular formula is C26H30BrN3O3. The van der Waals surface area contributed by atoms with Gasteiger partial charge in [0.15, 0.2) is 11.5 Å². The number of benzene rings is 2. The van der Waals surface area contributed by atoms with Crippen molar-refractivity contribution >= 4 is 33.0 Å². The van der Waals surface area contributed by atoms with E-state index in [2.05, 4.69) is 28.0 Å². The minimum Gasteiger partial charge on any atom is -0.493 e. The predicted molar refractivity (Wildman–Crippen MR) is 136 cm³/mol. The van der Waals surface area contributed by atoms with Crippen LogP contribution in [0.5, 0.6) is 11.5 Å². The Balaban J connectivity index is 1.75. The largest absolute Gasteiger partial charge is 0.493 e. The second-order valence-electron chi connectivity index (χ2n) is 8.57. The molecule has 0 spiro atoms. The molecule has 2 aromatic carbocycles. The molecular weight excluding hydrogens is 482 g/mol. The molecule has 0 radical (unpaired) electrons. The quantitative estimate of drug-likeness (QED) is 0.350. The van der Waals surface area contributed by atoms with Crippen LogP contribution in [-0.4, -0.2) is 29.1 Å². The van der Waals surface area contributed by atoms with E-state index in [4.69, 9.17) is 14.5 Å². The van der Waals surface area contributed by atoms with Crippen molar-refractivity contribution in [2.75, 3.05) is 7.11 Å². The first-order chi connectivity index (χ1) is 16.0. The van der Waals surface area contributed by atoms with Gasteiger partial charge in [-0.15, -0.1) is 0 Å². The number of fused-ring (bicyclic) bond motifs is 1. The second kappa shape index (κ2) is 10.5. The van der Waals surface area contributed by atoms with Gasteiger partial charge in [-0.2, -0.15) is 9.78 Å². The van der Waals surface area contributed by atoms with Gasteiger partial charge in [-0.25, -0.2) is 4.98 Å². The van der Waals surface area contributed by atoms with E-state index in [0.717, 1.165) is 48.0 Å². The van der Waals surface area contributed by atoms with Crippen LogP contribution in [0.2, 0.25) is 0 Å². The minimum absolute atomic E-state index is 0.0954. The average Bonchev–Trinajstić information content (AvgIpc) is 2.84. The Morgan fingerprint density at radius 2 is 1.97 bits per heavy atom. The van der Waals surface area contributed by atoms with Crippen LogP contribution in [0.4, 0.5) is 0 Å². The molecule has 1 aliphatic carbocycles. The van der Waals surface area contributed by atoms with Crippen LogP contribution in [0, 0.1) is 0 Å². The van der Waals surface area contributed by atoms with Gasteiger partial charge in [-0.1, -0.05) is 42.1 Å². The molecule has 1 heterocycles. The standard InChI is InChI=1S/C26H30BrN3O3/c1-4-17(2)33-23-13-10-18(14-24(23)32-3)16-28-30-25(19-8-6-5-7-9-19)29-22-12-11-20(27)15-21(22)26(30)31/h10-17,19H,4-9H2,1-3H3/t17-/m0/s1. The summed E-state index contributed by atoms with van der Waals surface area (Å²) in [4.78, 5) is 18.3. The fourth-order valence-corrected chi connectivity index (χ4v) is 4.55. The number of aromatic nitrogens is 2. The normalized spacial score (nSPS) is 15.8. The molecule has 1 atom stereocenters. The Hall–Kier alpha value is -2.67. The molecule has 4 rings (SSSR count). The van der Waals surface area contributed by atoms with Crippen LogP contribution in [0.15, 0.2) is 50.8 Å². The number of rotatable bonds is 7. The zero-order valence-corrected chi connectivity index (χ0v) is 21.0. The van der Waals surface area contributed by atoms with Gasteiger partial charge in [0.05, 0.1) is 30.3 Å². The third kappa shape index (κ3) is 5.29. The van der Waals surface area contributed by atoms with E-state index in [1.807, 2.05) is 43.3 Å². The highest BCUT2D eigenvalue weighted by molar-refractivity contribution is 9.10. The van der Waals surface area contributed by atoms with Crippen LogP contribution >= 0.6 is 15.9 Å². The molecule has 3 aromatic rings. The third-order valence-electron chi connectivity index (χ3n) is 6.22. The van der Waals surface area contributed by atoms with Crippen molar-refractivity contribution in [1.29, 1.82) is 0 Å². The van der Waals surface area contributed by atoms with Crippen LogP contribution in [0.1, 0.15) is 69.7 Å². The molecule has 1 fully saturated rings. The second-order valence-corrected chi connectivity index (χ2v) is 9.49. The molecule has 0 N–H and O–H groups in total. The smallest absolute Gasteiger partial charge is 0.282 e. The number of hydrogen-bond acceptors (Lipinski definition) is 5. The highest BCUT2D eigenvalue weighted by Gasteiger charge is 2.22. The number of hydrogen-bond donors (Lipinski definition) is 0. The van der Waals surface area contributed by atoms with Gasteiger partial charge >= 0.3 is 0 Å². The van der Waals surface area contributed by atoms with Crippen LogP contribution in [0.3, 0.4) is 0 Å². The Kier molecular flexibility index (Phi) is 7.48. The summed E-state index contributed by atoms with van der Waals surface area (Å²) in [5, 5.41) is 5.17. The summed E-state index contributed by atoms with van der Waals surface area (Å²) in [6, 6.07) is 11.3. The zero-order valence-electron chi connectivity index (χ0n) is 19.4. The Bertz CT molecular complexity index is 1220. The Morgan fingerprint density at radius 3 is 2.70 bits per heavy atom. The topological polar surface area (TPSA) is 65.7 Å². The van der Waals surface area contributed by atoms with Gasteiger partial charge in [0.2, 0.25) is 0 Å². The van der Waals surface area contributed by atoms with E-state index in [-0.39, 0.29) is 17.6 Å². The van der Waals surface area contributed by atoms with Crippen molar-refractivity contribution in [2.45, 2.75) is 64.4 Å². The van der Waals surface area contributed by atoms with E-state index in [0.29, 0.717) is 22.4 Å². The maximum absolute atomic E-state index is 13.4. The summed E-state index contributed by atoms with van der Waals surface area (Å²) in [7, 11) is 1.62. The molecule has 6 nitrogen and oxygen atoms in total. The molecule has 1 aromatic heterocycles. The molecule has 0 bridgehead atoms. The summed E-state index contributed by atoms with van der Waals surface area (Å²) < 4.78 is 13.8. The van der Waals surface area contributed by atoms with Crippen molar-refractivity contribution in [2.24, 2.45) is 5.10 Å². The zero-order chi connectivity index (χ0) is 23.4.